The SMILES string of the molecule is Cc1ccc(P=O)cc1.Cl[SiH](Cl)Cl. The van der Waals surface area contributed by atoms with Crippen LogP contribution in [-0.2, 0) is 4.57 Å². The zero-order valence-electron chi connectivity index (χ0n) is 6.88. The molecule has 13 heavy (non-hydrogen) atoms. The first-order valence-corrected chi connectivity index (χ1v) is 9.43. The number of hydrogen-bond acceptors (Lipinski definition) is 1. The summed E-state index contributed by atoms with van der Waals surface area (Å²) in [5, 5.41) is 0.834. The molecule has 0 heterocycles. The molecule has 0 aliphatic heterocycles. The van der Waals surface area contributed by atoms with Crippen molar-refractivity contribution in [2.45, 2.75) is 6.92 Å². The van der Waals surface area contributed by atoms with Gasteiger partial charge < -0.3 is 0 Å². The predicted molar refractivity (Wildman–Crippen MR) is 63.1 cm³/mol. The summed E-state index contributed by atoms with van der Waals surface area (Å²) in [6.45, 7) is 0.283. The second kappa shape index (κ2) is 7.78. The van der Waals surface area contributed by atoms with Crippen LogP contribution in [0.15, 0.2) is 24.3 Å². The highest BCUT2D eigenvalue weighted by atomic mass is 35.8. The van der Waals surface area contributed by atoms with Gasteiger partial charge in [-0.3, -0.25) is 4.57 Å². The zero-order valence-corrected chi connectivity index (χ0v) is 11.2. The lowest BCUT2D eigenvalue weighted by Crippen LogP contribution is -1.87. The van der Waals surface area contributed by atoms with Crippen LogP contribution in [0.1, 0.15) is 5.56 Å². The quantitative estimate of drug-likeness (QED) is 0.436. The molecule has 0 spiro atoms. The second-order valence-electron chi connectivity index (χ2n) is 2.17. The number of aryl methyl sites for hydroxylation is 1. The van der Waals surface area contributed by atoms with Crippen molar-refractivity contribution >= 4 is 53.7 Å². The lowest BCUT2D eigenvalue weighted by Gasteiger charge is -1.88. The molecule has 72 valence electrons. The number of hydrogen-bond donors (Lipinski definition) is 0. The molecule has 0 radical (unpaired) electrons. The summed E-state index contributed by atoms with van der Waals surface area (Å²) in [4.78, 5) is 0. The Bertz CT molecular complexity index is 250. The van der Waals surface area contributed by atoms with E-state index in [0.29, 0.717) is 0 Å². The maximum atomic E-state index is 10.2. The molecular formula is C7H8Cl3OPSi. The molecule has 0 aliphatic carbocycles. The maximum absolute atomic E-state index is 10.2. The fourth-order valence-corrected chi connectivity index (χ4v) is 0.876. The highest BCUT2D eigenvalue weighted by Crippen LogP contribution is 1.98. The van der Waals surface area contributed by atoms with Gasteiger partial charge in [0.1, 0.15) is 0 Å². The Kier molecular flexibility index (Phi) is 8.02. The lowest BCUT2D eigenvalue weighted by atomic mass is 10.2. The normalized spacial score (nSPS) is 9.62. The van der Waals surface area contributed by atoms with Crippen molar-refractivity contribution in [3.8, 4) is 0 Å². The molecule has 1 aromatic rings. The molecule has 6 heteroatoms. The summed E-state index contributed by atoms with van der Waals surface area (Å²) in [7, 11) is 0.102. The van der Waals surface area contributed by atoms with Gasteiger partial charge in [0.05, 0.1) is 0 Å². The van der Waals surface area contributed by atoms with Crippen LogP contribution in [0, 0.1) is 6.92 Å². The number of rotatable bonds is 1. The van der Waals surface area contributed by atoms with Crippen molar-refractivity contribution in [3.05, 3.63) is 29.8 Å². The first-order valence-electron chi connectivity index (χ1n) is 3.38. The van der Waals surface area contributed by atoms with Gasteiger partial charge in [0.15, 0.2) is 8.46 Å². The molecule has 1 aromatic carbocycles. The third kappa shape index (κ3) is 8.73. The summed E-state index contributed by atoms with van der Waals surface area (Å²) in [5.41, 5.74) is 1.20. The monoisotopic (exact) mass is 272 g/mol. The standard InChI is InChI=1S/C7H7OP.Cl3HSi/c1-6-2-4-7(9-8)5-3-6;1-4(2)3/h2-5H,1H3;4H. The zero-order chi connectivity index (χ0) is 10.3. The molecule has 0 N–H and O–H groups in total. The molecule has 0 fully saturated rings. The van der Waals surface area contributed by atoms with Crippen molar-refractivity contribution in [3.63, 3.8) is 0 Å². The Morgan fingerprint density at radius 3 is 1.85 bits per heavy atom. The molecule has 0 saturated carbocycles. The van der Waals surface area contributed by atoms with Gasteiger partial charge in [-0.05, 0) is 19.1 Å². The molecule has 0 aromatic heterocycles. The van der Waals surface area contributed by atoms with Crippen molar-refractivity contribution in [1.82, 2.24) is 0 Å². The van der Waals surface area contributed by atoms with Crippen LogP contribution in [0.25, 0.3) is 0 Å². The van der Waals surface area contributed by atoms with Crippen molar-refractivity contribution in [2.24, 2.45) is 0 Å². The molecule has 1 nitrogen and oxygen atoms in total. The van der Waals surface area contributed by atoms with Crippen molar-refractivity contribution in [2.75, 3.05) is 0 Å². The van der Waals surface area contributed by atoms with E-state index in [0.717, 1.165) is 5.30 Å². The Labute approximate surface area is 94.9 Å². The van der Waals surface area contributed by atoms with Crippen LogP contribution in [0.2, 0.25) is 0 Å². The third-order valence-electron chi connectivity index (χ3n) is 1.14. The van der Waals surface area contributed by atoms with E-state index in [-0.39, 0.29) is 8.46 Å². The maximum Gasteiger partial charge on any atom is 0.326 e. The van der Waals surface area contributed by atoms with Gasteiger partial charge in [-0.1, -0.05) is 17.7 Å². The van der Waals surface area contributed by atoms with E-state index in [9.17, 15) is 4.57 Å². The van der Waals surface area contributed by atoms with E-state index < -0.39 is 6.73 Å². The van der Waals surface area contributed by atoms with Gasteiger partial charge in [0, 0.05) is 5.30 Å². The molecule has 0 bridgehead atoms. The summed E-state index contributed by atoms with van der Waals surface area (Å²) < 4.78 is 10.2. The average Bonchev–Trinajstić information content (AvgIpc) is 2.05. The second-order valence-corrected chi connectivity index (χ2v) is 9.31. The Morgan fingerprint density at radius 1 is 1.15 bits per heavy atom. The number of benzene rings is 1. The first kappa shape index (κ1) is 13.4. The Balaban J connectivity index is 0.000000310. The van der Waals surface area contributed by atoms with Crippen LogP contribution in [0.4, 0.5) is 0 Å². The van der Waals surface area contributed by atoms with Crippen LogP contribution in [0.5, 0.6) is 0 Å². The fraction of sp³-hybridized carbons (Fsp3) is 0.143. The van der Waals surface area contributed by atoms with Gasteiger partial charge >= 0.3 is 6.73 Å². The summed E-state index contributed by atoms with van der Waals surface area (Å²) in [6, 6.07) is 7.59. The highest BCUT2D eigenvalue weighted by Gasteiger charge is 1.86. The van der Waals surface area contributed by atoms with E-state index in [1.165, 1.54) is 5.56 Å². The van der Waals surface area contributed by atoms with Gasteiger partial charge in [-0.15, -0.1) is 33.2 Å². The van der Waals surface area contributed by atoms with Crippen LogP contribution < -0.4 is 5.30 Å². The molecule has 1 rings (SSSR count). The van der Waals surface area contributed by atoms with Crippen molar-refractivity contribution < 1.29 is 4.57 Å². The van der Waals surface area contributed by atoms with E-state index in [4.69, 9.17) is 33.2 Å². The van der Waals surface area contributed by atoms with Gasteiger partial charge in [0.2, 0.25) is 0 Å². The van der Waals surface area contributed by atoms with E-state index in [2.05, 4.69) is 0 Å². The smallest absolute Gasteiger partial charge is 0.269 e. The average molecular weight is 274 g/mol. The molecular weight excluding hydrogens is 265 g/mol. The van der Waals surface area contributed by atoms with Crippen LogP contribution in [-0.4, -0.2) is 6.73 Å². The minimum absolute atomic E-state index is 0.102. The van der Waals surface area contributed by atoms with E-state index in [1.807, 2.05) is 31.2 Å². The topological polar surface area (TPSA) is 17.1 Å². The molecule has 0 unspecified atom stereocenters. The van der Waals surface area contributed by atoms with Crippen LogP contribution >= 0.6 is 41.7 Å². The van der Waals surface area contributed by atoms with Gasteiger partial charge in [0.25, 0.3) is 0 Å². The Hall–Kier alpha value is 0.407. The van der Waals surface area contributed by atoms with Crippen molar-refractivity contribution in [1.29, 1.82) is 0 Å². The molecule has 0 saturated heterocycles. The molecule has 0 aliphatic rings. The minimum atomic E-state index is -1.72. The minimum Gasteiger partial charge on any atom is -0.269 e. The van der Waals surface area contributed by atoms with Gasteiger partial charge in [-0.25, -0.2) is 0 Å². The summed E-state index contributed by atoms with van der Waals surface area (Å²) in [6.07, 6.45) is 0. The third-order valence-corrected chi connectivity index (χ3v) is 1.65. The van der Waals surface area contributed by atoms with Crippen LogP contribution in [0.3, 0.4) is 0 Å². The first-order chi connectivity index (χ1) is 6.06. The number of halogens is 3. The summed E-state index contributed by atoms with van der Waals surface area (Å²) in [5.74, 6) is 0. The molecule has 0 amide bonds. The van der Waals surface area contributed by atoms with E-state index >= 15 is 0 Å². The fourth-order valence-electron chi connectivity index (χ4n) is 0.606. The highest BCUT2D eigenvalue weighted by molar-refractivity contribution is 7.54. The lowest BCUT2D eigenvalue weighted by molar-refractivity contribution is 0.603. The van der Waals surface area contributed by atoms with Gasteiger partial charge in [-0.2, -0.15) is 0 Å². The Morgan fingerprint density at radius 2 is 1.54 bits per heavy atom. The molecule has 0 atom stereocenters. The predicted octanol–water partition coefficient (Wildman–Crippen LogP) is 3.33. The van der Waals surface area contributed by atoms with E-state index in [1.54, 1.807) is 0 Å². The summed E-state index contributed by atoms with van der Waals surface area (Å²) >= 11 is 14.8. The largest absolute Gasteiger partial charge is 0.326 e.